The zero-order chi connectivity index (χ0) is 23.8. The van der Waals surface area contributed by atoms with E-state index >= 15 is 0 Å². The highest BCUT2D eigenvalue weighted by atomic mass is 19.1. The van der Waals surface area contributed by atoms with E-state index in [1.54, 1.807) is 41.5 Å². The lowest BCUT2D eigenvalue weighted by Crippen LogP contribution is -2.59. The van der Waals surface area contributed by atoms with Crippen LogP contribution in [0.1, 0.15) is 54.0 Å². The maximum Gasteiger partial charge on any atom is 0.534 e. The fourth-order valence-electron chi connectivity index (χ4n) is 3.02. The van der Waals surface area contributed by atoms with Crippen molar-refractivity contribution in [2.45, 2.75) is 65.2 Å². The van der Waals surface area contributed by atoms with Gasteiger partial charge in [0.25, 0.3) is 5.91 Å². The first-order valence-electron chi connectivity index (χ1n) is 9.62. The zero-order valence-corrected chi connectivity index (χ0v) is 19.0. The Morgan fingerprint density at radius 3 is 2.13 bits per heavy atom. The van der Waals surface area contributed by atoms with Gasteiger partial charge in [-0.25, -0.2) is 19.0 Å². The smallest absolute Gasteiger partial charge is 0.442 e. The molecule has 0 bridgehead atoms. The first-order chi connectivity index (χ1) is 14.1. The average molecular weight is 437 g/mol. The van der Waals surface area contributed by atoms with E-state index in [2.05, 4.69) is 5.10 Å². The molecule has 2 amide bonds. The summed E-state index contributed by atoms with van der Waals surface area (Å²) in [6.07, 6.45) is -2.40. The van der Waals surface area contributed by atoms with Crippen molar-refractivity contribution >= 4 is 23.9 Å². The topological polar surface area (TPSA) is 97.7 Å². The molecule has 1 aliphatic heterocycles. The van der Waals surface area contributed by atoms with Crippen LogP contribution < -0.4 is 0 Å². The van der Waals surface area contributed by atoms with E-state index in [-0.39, 0.29) is 11.3 Å². The highest BCUT2D eigenvalue weighted by Gasteiger charge is 2.60. The van der Waals surface area contributed by atoms with Gasteiger partial charge in [0.1, 0.15) is 17.0 Å². The zero-order valence-electron chi connectivity index (χ0n) is 19.0. The van der Waals surface area contributed by atoms with Gasteiger partial charge in [-0.3, -0.25) is 9.63 Å². The molecule has 0 aliphatic carbocycles. The number of hydrogen-bond acceptors (Lipinski definition) is 7. The molecule has 1 atom stereocenters. The second-order valence-electron chi connectivity index (χ2n) is 9.07. The Morgan fingerprint density at radius 1 is 1.10 bits per heavy atom. The highest BCUT2D eigenvalue weighted by Crippen LogP contribution is 2.38. The number of hydrogen-bond donors (Lipinski definition) is 0. The monoisotopic (exact) mass is 437 g/mol. The predicted octanol–water partition coefficient (Wildman–Crippen LogP) is 3.97. The molecule has 10 heteroatoms. The van der Waals surface area contributed by atoms with Gasteiger partial charge in [-0.05, 0) is 66.2 Å². The summed E-state index contributed by atoms with van der Waals surface area (Å²) in [5.41, 5.74) is -3.93. The van der Waals surface area contributed by atoms with Gasteiger partial charge in [0.2, 0.25) is 5.54 Å². The number of amides is 2. The van der Waals surface area contributed by atoms with Crippen molar-refractivity contribution in [3.05, 3.63) is 35.6 Å². The fourth-order valence-corrected chi connectivity index (χ4v) is 3.02. The Labute approximate surface area is 180 Å². The molecule has 0 fully saturated rings. The van der Waals surface area contributed by atoms with Crippen molar-refractivity contribution in [1.29, 1.82) is 0 Å². The summed E-state index contributed by atoms with van der Waals surface area (Å²) in [5, 5.41) is 5.55. The maximum atomic E-state index is 14.1. The van der Waals surface area contributed by atoms with E-state index in [9.17, 15) is 18.8 Å². The van der Waals surface area contributed by atoms with Crippen LogP contribution in [0.3, 0.4) is 0 Å². The van der Waals surface area contributed by atoms with Crippen molar-refractivity contribution in [3.8, 4) is 0 Å². The first kappa shape index (κ1) is 24.1. The molecule has 0 spiro atoms. The van der Waals surface area contributed by atoms with Crippen LogP contribution in [0.25, 0.3) is 0 Å². The fraction of sp³-hybridized carbons (Fsp3) is 0.524. The van der Waals surface area contributed by atoms with E-state index in [4.69, 9.17) is 14.3 Å². The largest absolute Gasteiger partial charge is 0.534 e. The van der Waals surface area contributed by atoms with Crippen molar-refractivity contribution < 1.29 is 33.1 Å². The minimum atomic E-state index is -2.09. The molecule has 1 unspecified atom stereocenters. The summed E-state index contributed by atoms with van der Waals surface area (Å²) in [6, 6.07) is 5.03. The number of ether oxygens (including phenoxy) is 2. The Morgan fingerprint density at radius 2 is 1.68 bits per heavy atom. The summed E-state index contributed by atoms with van der Waals surface area (Å²) >= 11 is 0. The average Bonchev–Trinajstić information content (AvgIpc) is 2.79. The molecule has 0 aromatic heterocycles. The normalized spacial score (nSPS) is 19.1. The van der Waals surface area contributed by atoms with Crippen LogP contribution in [-0.4, -0.2) is 52.2 Å². The predicted molar refractivity (Wildman–Crippen MR) is 109 cm³/mol. The van der Waals surface area contributed by atoms with Gasteiger partial charge in [-0.2, -0.15) is 5.10 Å². The maximum absolute atomic E-state index is 14.1. The van der Waals surface area contributed by atoms with Crippen molar-refractivity contribution in [2.24, 2.45) is 5.10 Å². The molecule has 1 aromatic carbocycles. The van der Waals surface area contributed by atoms with Gasteiger partial charge >= 0.3 is 12.2 Å². The van der Waals surface area contributed by atoms with Gasteiger partial charge in [0.15, 0.2) is 0 Å². The third kappa shape index (κ3) is 5.12. The molecule has 2 rings (SSSR count). The van der Waals surface area contributed by atoms with Gasteiger partial charge in [0, 0.05) is 7.05 Å². The van der Waals surface area contributed by atoms with E-state index in [0.717, 1.165) is 11.1 Å². The lowest BCUT2D eigenvalue weighted by Gasteiger charge is -2.38. The molecule has 1 aromatic rings. The molecule has 0 saturated carbocycles. The van der Waals surface area contributed by atoms with Crippen LogP contribution >= 0.6 is 0 Å². The number of halogens is 1. The summed E-state index contributed by atoms with van der Waals surface area (Å²) < 4.78 is 24.7. The van der Waals surface area contributed by atoms with Crippen LogP contribution in [0.2, 0.25) is 0 Å². The number of benzene rings is 1. The third-order valence-corrected chi connectivity index (χ3v) is 4.09. The number of carbonyl (C=O) groups is 3. The molecule has 1 heterocycles. The Hall–Kier alpha value is -3.17. The molecular formula is C21H28FN3O6. The first-order valence-corrected chi connectivity index (χ1v) is 9.62. The molecule has 0 radical (unpaired) electrons. The van der Waals surface area contributed by atoms with Crippen LogP contribution in [0.5, 0.6) is 0 Å². The Balaban J connectivity index is 2.69. The van der Waals surface area contributed by atoms with Gasteiger partial charge in [-0.15, -0.1) is 5.06 Å². The van der Waals surface area contributed by atoms with E-state index in [1.165, 1.54) is 32.2 Å². The van der Waals surface area contributed by atoms with Gasteiger partial charge < -0.3 is 9.47 Å². The van der Waals surface area contributed by atoms with E-state index < -0.39 is 40.7 Å². The molecule has 0 N–H and O–H groups in total. The summed E-state index contributed by atoms with van der Waals surface area (Å²) in [4.78, 5) is 44.2. The van der Waals surface area contributed by atoms with Crippen LogP contribution in [0, 0.1) is 5.82 Å². The minimum absolute atomic E-state index is 0.0255. The second-order valence-corrected chi connectivity index (χ2v) is 9.07. The number of nitrogens with zero attached hydrogens (tertiary/aromatic N) is 3. The van der Waals surface area contributed by atoms with Crippen molar-refractivity contribution in [2.75, 3.05) is 7.05 Å². The molecule has 1 aliphatic rings. The van der Waals surface area contributed by atoms with Gasteiger partial charge in [-0.1, -0.05) is 12.1 Å². The van der Waals surface area contributed by atoms with Crippen LogP contribution in [0.4, 0.5) is 14.0 Å². The van der Waals surface area contributed by atoms with Crippen LogP contribution in [0.15, 0.2) is 29.4 Å². The second kappa shape index (κ2) is 8.16. The molecular weight excluding hydrogens is 409 g/mol. The summed E-state index contributed by atoms with van der Waals surface area (Å²) in [6.45, 7) is 11.1. The molecule has 9 nitrogen and oxygen atoms in total. The molecule has 0 saturated heterocycles. The number of likely N-dealkylation sites (N-methyl/N-ethyl adjacent to an activating group) is 1. The third-order valence-electron chi connectivity index (χ3n) is 4.09. The lowest BCUT2D eigenvalue weighted by atomic mass is 9.85. The highest BCUT2D eigenvalue weighted by molar-refractivity contribution is 6.17. The van der Waals surface area contributed by atoms with Crippen molar-refractivity contribution in [1.82, 2.24) is 10.1 Å². The number of hydroxylamine groups is 2. The standard InChI is InChI=1S/C21H28FN3O6/c1-13-21(16(26)24(8)23-13,14-10-9-11-15(22)12-14)25(17(27)29-19(2,3)4)31-18(28)30-20(5,6)7/h9-12H,1-8H3. The van der Waals surface area contributed by atoms with E-state index in [1.807, 2.05) is 0 Å². The lowest BCUT2D eigenvalue weighted by molar-refractivity contribution is -0.181. The minimum Gasteiger partial charge on any atom is -0.442 e. The number of rotatable bonds is 2. The van der Waals surface area contributed by atoms with Crippen molar-refractivity contribution in [3.63, 3.8) is 0 Å². The van der Waals surface area contributed by atoms with Crippen LogP contribution in [-0.2, 0) is 24.6 Å². The quantitative estimate of drug-likeness (QED) is 0.513. The summed E-state index contributed by atoms with van der Waals surface area (Å²) in [5.74, 6) is -1.40. The Kier molecular flexibility index (Phi) is 6.35. The summed E-state index contributed by atoms with van der Waals surface area (Å²) in [7, 11) is 1.37. The molecule has 31 heavy (non-hydrogen) atoms. The molecule has 170 valence electrons. The SMILES string of the molecule is CC1=NN(C)C(=O)C1(c1cccc(F)c1)N(OC(=O)OC(C)(C)C)C(=O)OC(C)(C)C. The van der Waals surface area contributed by atoms with E-state index in [0.29, 0.717) is 5.06 Å². The van der Waals surface area contributed by atoms with Gasteiger partial charge in [0.05, 0.1) is 5.71 Å². The number of carbonyl (C=O) groups excluding carboxylic acids is 3. The Bertz CT molecular complexity index is 918. The number of hydrazone groups is 1.